The number of aromatic nitrogens is 3. The third-order valence-electron chi connectivity index (χ3n) is 2.72. The summed E-state index contributed by atoms with van der Waals surface area (Å²) in [5, 5.41) is 17.5. The van der Waals surface area contributed by atoms with E-state index in [-0.39, 0.29) is 12.6 Å². The van der Waals surface area contributed by atoms with Crippen LogP contribution in [0, 0.1) is 6.92 Å². The number of hydrogen-bond donors (Lipinski definition) is 1. The van der Waals surface area contributed by atoms with Gasteiger partial charge in [0.25, 0.3) is 0 Å². The van der Waals surface area contributed by atoms with Crippen LogP contribution in [0.25, 0.3) is 11.4 Å². The second-order valence-electron chi connectivity index (χ2n) is 4.58. The Labute approximate surface area is 115 Å². The summed E-state index contributed by atoms with van der Waals surface area (Å²) < 4.78 is 2.97. The summed E-state index contributed by atoms with van der Waals surface area (Å²) in [6.07, 6.45) is 0. The molecule has 0 saturated carbocycles. The van der Waals surface area contributed by atoms with E-state index in [0.717, 1.165) is 21.4 Å². The molecule has 0 aliphatic heterocycles. The molecule has 0 fully saturated rings. The summed E-state index contributed by atoms with van der Waals surface area (Å²) >= 11 is 3.49. The minimum absolute atomic E-state index is 0.0990. The molecular weight excluding hydrogens is 294 g/mol. The monoisotopic (exact) mass is 309 g/mol. The summed E-state index contributed by atoms with van der Waals surface area (Å²) in [6, 6.07) is 6.33. The van der Waals surface area contributed by atoms with E-state index in [2.05, 4.69) is 46.0 Å². The van der Waals surface area contributed by atoms with Gasteiger partial charge >= 0.3 is 0 Å². The Kier molecular flexibility index (Phi) is 3.82. The van der Waals surface area contributed by atoms with Gasteiger partial charge in [-0.05, 0) is 44.5 Å². The second-order valence-corrected chi connectivity index (χ2v) is 5.49. The Balaban J connectivity index is 2.60. The van der Waals surface area contributed by atoms with Crippen LogP contribution in [-0.4, -0.2) is 19.9 Å². The van der Waals surface area contributed by atoms with Crippen molar-refractivity contribution in [2.75, 3.05) is 0 Å². The Hall–Kier alpha value is -1.20. The van der Waals surface area contributed by atoms with E-state index in [1.54, 1.807) is 0 Å². The highest BCUT2D eigenvalue weighted by Crippen LogP contribution is 2.26. The number of aliphatic hydroxyl groups excluding tert-OH is 1. The number of aliphatic hydroxyl groups is 1. The summed E-state index contributed by atoms with van der Waals surface area (Å²) in [6.45, 7) is 6.04. The van der Waals surface area contributed by atoms with Crippen molar-refractivity contribution in [3.8, 4) is 11.4 Å². The van der Waals surface area contributed by atoms with Crippen molar-refractivity contribution in [3.63, 3.8) is 0 Å². The molecule has 0 amide bonds. The molecule has 1 heterocycles. The van der Waals surface area contributed by atoms with Crippen molar-refractivity contribution in [2.45, 2.75) is 33.4 Å². The average Bonchev–Trinajstić information content (AvgIpc) is 2.71. The fraction of sp³-hybridized carbons (Fsp3) is 0.385. The first-order valence-electron chi connectivity index (χ1n) is 5.85. The molecule has 0 spiro atoms. The Morgan fingerprint density at radius 1 is 1.28 bits per heavy atom. The minimum atomic E-state index is -0.0990. The highest BCUT2D eigenvalue weighted by molar-refractivity contribution is 9.10. The quantitative estimate of drug-likeness (QED) is 0.948. The maximum absolute atomic E-state index is 9.30. The lowest BCUT2D eigenvalue weighted by molar-refractivity contribution is 0.262. The van der Waals surface area contributed by atoms with Crippen molar-refractivity contribution in [3.05, 3.63) is 34.1 Å². The highest BCUT2D eigenvalue weighted by atomic mass is 79.9. The van der Waals surface area contributed by atoms with E-state index in [1.165, 1.54) is 0 Å². The molecule has 0 atom stereocenters. The number of nitrogens with zero attached hydrogens (tertiary/aromatic N) is 3. The van der Waals surface area contributed by atoms with E-state index in [1.807, 2.05) is 23.6 Å². The van der Waals surface area contributed by atoms with Gasteiger partial charge in [-0.25, -0.2) is 0 Å². The molecule has 0 saturated heterocycles. The standard InChI is InChI=1S/C13H16BrN3O/c1-8(2)17-12(7-18)15-16-13(17)10-4-9(3)5-11(14)6-10/h4-6,8,18H,7H2,1-3H3. The van der Waals surface area contributed by atoms with Crippen LogP contribution >= 0.6 is 15.9 Å². The van der Waals surface area contributed by atoms with Gasteiger partial charge in [-0.1, -0.05) is 15.9 Å². The topological polar surface area (TPSA) is 50.9 Å². The number of hydrogen-bond acceptors (Lipinski definition) is 3. The lowest BCUT2D eigenvalue weighted by atomic mass is 10.1. The third kappa shape index (κ3) is 2.47. The van der Waals surface area contributed by atoms with Gasteiger partial charge in [0.2, 0.25) is 0 Å². The molecule has 1 N–H and O–H groups in total. The fourth-order valence-corrected chi connectivity index (χ4v) is 2.64. The minimum Gasteiger partial charge on any atom is -0.388 e. The summed E-state index contributed by atoms with van der Waals surface area (Å²) in [5.41, 5.74) is 2.16. The van der Waals surface area contributed by atoms with Crippen molar-refractivity contribution < 1.29 is 5.11 Å². The smallest absolute Gasteiger partial charge is 0.164 e. The predicted molar refractivity (Wildman–Crippen MR) is 74.2 cm³/mol. The number of benzene rings is 1. The SMILES string of the molecule is Cc1cc(Br)cc(-c2nnc(CO)n2C(C)C)c1. The van der Waals surface area contributed by atoms with Crippen LogP contribution in [-0.2, 0) is 6.61 Å². The van der Waals surface area contributed by atoms with E-state index < -0.39 is 0 Å². The van der Waals surface area contributed by atoms with Gasteiger partial charge in [-0.2, -0.15) is 0 Å². The van der Waals surface area contributed by atoms with Crippen molar-refractivity contribution in [2.24, 2.45) is 0 Å². The van der Waals surface area contributed by atoms with Gasteiger partial charge in [0, 0.05) is 16.1 Å². The van der Waals surface area contributed by atoms with Crippen LogP contribution < -0.4 is 0 Å². The molecule has 0 bridgehead atoms. The van der Waals surface area contributed by atoms with E-state index in [9.17, 15) is 5.11 Å². The molecule has 0 unspecified atom stereocenters. The average molecular weight is 310 g/mol. The molecule has 2 aromatic rings. The molecular formula is C13H16BrN3O. The maximum Gasteiger partial charge on any atom is 0.164 e. The molecule has 5 heteroatoms. The van der Waals surface area contributed by atoms with Crippen LogP contribution in [0.2, 0.25) is 0 Å². The number of halogens is 1. The second kappa shape index (κ2) is 5.20. The van der Waals surface area contributed by atoms with Crippen LogP contribution in [0.5, 0.6) is 0 Å². The van der Waals surface area contributed by atoms with Crippen LogP contribution in [0.3, 0.4) is 0 Å². The molecule has 1 aromatic heterocycles. The molecule has 18 heavy (non-hydrogen) atoms. The number of aryl methyl sites for hydroxylation is 1. The van der Waals surface area contributed by atoms with Gasteiger partial charge in [0.1, 0.15) is 6.61 Å². The van der Waals surface area contributed by atoms with Gasteiger partial charge in [-0.15, -0.1) is 10.2 Å². The maximum atomic E-state index is 9.30. The predicted octanol–water partition coefficient (Wildman–Crippen LogP) is 3.09. The largest absolute Gasteiger partial charge is 0.388 e. The molecule has 0 radical (unpaired) electrons. The number of rotatable bonds is 3. The van der Waals surface area contributed by atoms with Crippen LogP contribution in [0.4, 0.5) is 0 Å². The molecule has 0 aliphatic carbocycles. The third-order valence-corrected chi connectivity index (χ3v) is 3.18. The molecule has 2 rings (SSSR count). The van der Waals surface area contributed by atoms with Gasteiger partial charge < -0.3 is 9.67 Å². The highest BCUT2D eigenvalue weighted by Gasteiger charge is 2.16. The zero-order valence-electron chi connectivity index (χ0n) is 10.7. The van der Waals surface area contributed by atoms with Crippen molar-refractivity contribution >= 4 is 15.9 Å². The lowest BCUT2D eigenvalue weighted by Crippen LogP contribution is -2.08. The first-order valence-corrected chi connectivity index (χ1v) is 6.64. The van der Waals surface area contributed by atoms with Crippen LogP contribution in [0.15, 0.2) is 22.7 Å². The molecule has 1 aromatic carbocycles. The van der Waals surface area contributed by atoms with E-state index in [4.69, 9.17) is 0 Å². The van der Waals surface area contributed by atoms with Gasteiger partial charge in [0.15, 0.2) is 11.6 Å². The first-order chi connectivity index (χ1) is 8.52. The Morgan fingerprint density at radius 2 is 2.00 bits per heavy atom. The van der Waals surface area contributed by atoms with E-state index >= 15 is 0 Å². The summed E-state index contributed by atoms with van der Waals surface area (Å²) in [4.78, 5) is 0. The van der Waals surface area contributed by atoms with Gasteiger partial charge in [-0.3, -0.25) is 0 Å². The molecule has 4 nitrogen and oxygen atoms in total. The normalized spacial score (nSPS) is 11.2. The summed E-state index contributed by atoms with van der Waals surface area (Å²) in [7, 11) is 0. The van der Waals surface area contributed by atoms with Gasteiger partial charge in [0.05, 0.1) is 0 Å². The van der Waals surface area contributed by atoms with Crippen molar-refractivity contribution in [1.82, 2.24) is 14.8 Å². The Morgan fingerprint density at radius 3 is 2.56 bits per heavy atom. The zero-order chi connectivity index (χ0) is 13.3. The van der Waals surface area contributed by atoms with E-state index in [0.29, 0.717) is 5.82 Å². The zero-order valence-corrected chi connectivity index (χ0v) is 12.3. The fourth-order valence-electron chi connectivity index (χ4n) is 2.04. The Bertz CT molecular complexity index is 543. The summed E-state index contributed by atoms with van der Waals surface area (Å²) in [5.74, 6) is 1.39. The molecule has 0 aliphatic rings. The first kappa shape index (κ1) is 13.2. The van der Waals surface area contributed by atoms with Crippen molar-refractivity contribution in [1.29, 1.82) is 0 Å². The lowest BCUT2D eigenvalue weighted by Gasteiger charge is -2.13. The molecule has 96 valence electrons. The van der Waals surface area contributed by atoms with Crippen LogP contribution in [0.1, 0.15) is 31.3 Å².